The Hall–Kier alpha value is -1.57. The number of fused-ring (bicyclic) bond motifs is 1. The summed E-state index contributed by atoms with van der Waals surface area (Å²) in [7, 11) is 0. The van der Waals surface area contributed by atoms with E-state index in [4.69, 9.17) is 5.73 Å². The molecule has 2 rings (SSSR count). The molecule has 1 heterocycles. The largest absolute Gasteiger partial charge is 0.384 e. The Labute approximate surface area is 71.0 Å². The zero-order valence-electron chi connectivity index (χ0n) is 6.91. The fraction of sp³-hybridized carbons (Fsp3) is 0.100. The van der Waals surface area contributed by atoms with Crippen LogP contribution in [0.2, 0.25) is 0 Å². The highest BCUT2D eigenvalue weighted by atomic mass is 14.8. The average molecular weight is 158 g/mol. The summed E-state index contributed by atoms with van der Waals surface area (Å²) in [5.41, 5.74) is 7.76. The van der Waals surface area contributed by atoms with E-state index in [0.29, 0.717) is 5.82 Å². The molecule has 0 radical (unpaired) electrons. The first-order valence-corrected chi connectivity index (χ1v) is 3.89. The molecule has 0 saturated heterocycles. The van der Waals surface area contributed by atoms with Gasteiger partial charge in [-0.1, -0.05) is 18.2 Å². The summed E-state index contributed by atoms with van der Waals surface area (Å²) in [5.74, 6) is 0.589. The third-order valence-corrected chi connectivity index (χ3v) is 1.94. The van der Waals surface area contributed by atoms with E-state index >= 15 is 0 Å². The fourth-order valence-corrected chi connectivity index (χ4v) is 1.38. The van der Waals surface area contributed by atoms with E-state index in [-0.39, 0.29) is 0 Å². The molecule has 1 aromatic heterocycles. The van der Waals surface area contributed by atoms with Crippen LogP contribution in [0.5, 0.6) is 0 Å². The molecular weight excluding hydrogens is 148 g/mol. The molecular formula is C10H10N2. The molecule has 0 bridgehead atoms. The number of para-hydroxylation sites is 1. The zero-order valence-corrected chi connectivity index (χ0v) is 6.91. The number of hydrogen-bond acceptors (Lipinski definition) is 2. The third kappa shape index (κ3) is 1.01. The van der Waals surface area contributed by atoms with E-state index in [9.17, 15) is 0 Å². The van der Waals surface area contributed by atoms with E-state index in [1.165, 1.54) is 10.9 Å². The third-order valence-electron chi connectivity index (χ3n) is 1.94. The zero-order chi connectivity index (χ0) is 8.55. The van der Waals surface area contributed by atoms with Crippen molar-refractivity contribution in [3.8, 4) is 0 Å². The van der Waals surface area contributed by atoms with E-state index in [1.54, 1.807) is 0 Å². The van der Waals surface area contributed by atoms with Crippen LogP contribution < -0.4 is 5.73 Å². The van der Waals surface area contributed by atoms with Crippen LogP contribution in [0.4, 0.5) is 5.82 Å². The van der Waals surface area contributed by atoms with Crippen LogP contribution in [0.1, 0.15) is 5.56 Å². The van der Waals surface area contributed by atoms with Gasteiger partial charge in [0.15, 0.2) is 0 Å². The number of aromatic nitrogens is 1. The minimum atomic E-state index is 0.589. The topological polar surface area (TPSA) is 38.9 Å². The molecule has 2 N–H and O–H groups in total. The van der Waals surface area contributed by atoms with Gasteiger partial charge in [0.1, 0.15) is 5.82 Å². The van der Waals surface area contributed by atoms with Gasteiger partial charge in [-0.3, -0.25) is 0 Å². The Balaban J connectivity index is 2.89. The van der Waals surface area contributed by atoms with Gasteiger partial charge in [-0.2, -0.15) is 0 Å². The van der Waals surface area contributed by atoms with Gasteiger partial charge in [0.25, 0.3) is 0 Å². The second-order valence-electron chi connectivity index (χ2n) is 2.88. The maximum absolute atomic E-state index is 5.61. The van der Waals surface area contributed by atoms with Crippen molar-refractivity contribution in [2.24, 2.45) is 0 Å². The average Bonchev–Trinajstić information content (AvgIpc) is 2.04. The number of benzene rings is 1. The summed E-state index contributed by atoms with van der Waals surface area (Å²) in [6, 6.07) is 9.89. The van der Waals surface area contributed by atoms with Crippen LogP contribution in [0.25, 0.3) is 10.9 Å². The lowest BCUT2D eigenvalue weighted by atomic mass is 10.1. The fourth-order valence-electron chi connectivity index (χ4n) is 1.38. The molecule has 2 aromatic rings. The molecule has 12 heavy (non-hydrogen) atoms. The molecule has 60 valence electrons. The molecule has 1 aromatic carbocycles. The van der Waals surface area contributed by atoms with Gasteiger partial charge in [-0.25, -0.2) is 4.98 Å². The number of aryl methyl sites for hydroxylation is 1. The van der Waals surface area contributed by atoms with Gasteiger partial charge < -0.3 is 5.73 Å². The Morgan fingerprint density at radius 2 is 2.00 bits per heavy atom. The minimum Gasteiger partial charge on any atom is -0.384 e. The second kappa shape index (κ2) is 2.48. The predicted octanol–water partition coefficient (Wildman–Crippen LogP) is 2.13. The van der Waals surface area contributed by atoms with Crippen LogP contribution in [0, 0.1) is 6.92 Å². The highest BCUT2D eigenvalue weighted by molar-refractivity contribution is 5.83. The van der Waals surface area contributed by atoms with Crippen LogP contribution >= 0.6 is 0 Å². The molecule has 0 atom stereocenters. The second-order valence-corrected chi connectivity index (χ2v) is 2.88. The van der Waals surface area contributed by atoms with Gasteiger partial charge in [-0.15, -0.1) is 0 Å². The molecule has 0 fully saturated rings. The van der Waals surface area contributed by atoms with E-state index in [1.807, 2.05) is 31.2 Å². The Bertz CT molecular complexity index is 421. The van der Waals surface area contributed by atoms with Crippen LogP contribution in [0.15, 0.2) is 30.3 Å². The number of rotatable bonds is 0. The standard InChI is InChI=1S/C10H10N2/c1-7-6-10(11)12-9-5-3-2-4-8(7)9/h2-6H,1H3,(H2,11,12). The molecule has 0 aliphatic carbocycles. The van der Waals surface area contributed by atoms with Crippen molar-refractivity contribution in [3.05, 3.63) is 35.9 Å². The lowest BCUT2D eigenvalue weighted by Crippen LogP contribution is -1.91. The highest BCUT2D eigenvalue weighted by Crippen LogP contribution is 2.17. The van der Waals surface area contributed by atoms with Crippen molar-refractivity contribution in [1.29, 1.82) is 0 Å². The maximum atomic E-state index is 5.61. The molecule has 2 nitrogen and oxygen atoms in total. The number of nitrogen functional groups attached to an aromatic ring is 1. The molecule has 0 unspecified atom stereocenters. The SMILES string of the molecule is Cc1cc(N)nc2ccccc12. The first-order valence-electron chi connectivity index (χ1n) is 3.89. The van der Waals surface area contributed by atoms with Crippen molar-refractivity contribution in [1.82, 2.24) is 4.98 Å². The molecule has 0 spiro atoms. The van der Waals surface area contributed by atoms with Crippen molar-refractivity contribution < 1.29 is 0 Å². The van der Waals surface area contributed by atoms with Crippen LogP contribution in [-0.2, 0) is 0 Å². The van der Waals surface area contributed by atoms with E-state index in [2.05, 4.69) is 11.1 Å². The first-order chi connectivity index (χ1) is 5.77. The van der Waals surface area contributed by atoms with Gasteiger partial charge in [0.2, 0.25) is 0 Å². The molecule has 0 amide bonds. The minimum absolute atomic E-state index is 0.589. The smallest absolute Gasteiger partial charge is 0.124 e. The van der Waals surface area contributed by atoms with Gasteiger partial charge in [-0.05, 0) is 24.6 Å². The van der Waals surface area contributed by atoms with Gasteiger partial charge in [0.05, 0.1) is 5.52 Å². The van der Waals surface area contributed by atoms with Crippen molar-refractivity contribution in [2.45, 2.75) is 6.92 Å². The summed E-state index contributed by atoms with van der Waals surface area (Å²) in [4.78, 5) is 4.21. The first kappa shape index (κ1) is 7.10. The van der Waals surface area contributed by atoms with E-state index < -0.39 is 0 Å². The summed E-state index contributed by atoms with van der Waals surface area (Å²) in [6.45, 7) is 2.04. The Kier molecular flexibility index (Phi) is 1.47. The molecule has 2 heteroatoms. The summed E-state index contributed by atoms with van der Waals surface area (Å²) in [6.07, 6.45) is 0. The normalized spacial score (nSPS) is 10.4. The molecule has 0 aliphatic heterocycles. The summed E-state index contributed by atoms with van der Waals surface area (Å²) >= 11 is 0. The highest BCUT2D eigenvalue weighted by Gasteiger charge is 1.97. The number of hydrogen-bond donors (Lipinski definition) is 1. The monoisotopic (exact) mass is 158 g/mol. The number of nitrogens with zero attached hydrogens (tertiary/aromatic N) is 1. The number of nitrogens with two attached hydrogens (primary N) is 1. The van der Waals surface area contributed by atoms with Crippen molar-refractivity contribution in [3.63, 3.8) is 0 Å². The number of anilines is 1. The Morgan fingerprint density at radius 1 is 1.25 bits per heavy atom. The van der Waals surface area contributed by atoms with Crippen molar-refractivity contribution >= 4 is 16.7 Å². The maximum Gasteiger partial charge on any atom is 0.124 e. The van der Waals surface area contributed by atoms with Gasteiger partial charge >= 0.3 is 0 Å². The lowest BCUT2D eigenvalue weighted by molar-refractivity contribution is 1.37. The summed E-state index contributed by atoms with van der Waals surface area (Å²) < 4.78 is 0. The molecule has 0 aliphatic rings. The Morgan fingerprint density at radius 3 is 2.83 bits per heavy atom. The van der Waals surface area contributed by atoms with Crippen LogP contribution in [-0.4, -0.2) is 4.98 Å². The van der Waals surface area contributed by atoms with E-state index in [0.717, 1.165) is 5.52 Å². The quantitative estimate of drug-likeness (QED) is 0.637. The predicted molar refractivity (Wildman–Crippen MR) is 50.9 cm³/mol. The van der Waals surface area contributed by atoms with Crippen LogP contribution in [0.3, 0.4) is 0 Å². The summed E-state index contributed by atoms with van der Waals surface area (Å²) in [5, 5.41) is 1.17. The lowest BCUT2D eigenvalue weighted by Gasteiger charge is -2.01. The van der Waals surface area contributed by atoms with Gasteiger partial charge in [0, 0.05) is 5.39 Å². The van der Waals surface area contributed by atoms with Crippen molar-refractivity contribution in [2.75, 3.05) is 5.73 Å². The molecule has 0 saturated carbocycles. The number of pyridine rings is 1.